The van der Waals surface area contributed by atoms with Crippen LogP contribution in [0.1, 0.15) is 29.4 Å². The third kappa shape index (κ3) is 3.93. The maximum Gasteiger partial charge on any atom is 0.123 e. The summed E-state index contributed by atoms with van der Waals surface area (Å²) in [6.45, 7) is 6.62. The summed E-state index contributed by atoms with van der Waals surface area (Å²) >= 11 is 0. The number of nitriles is 1. The highest BCUT2D eigenvalue weighted by Gasteiger charge is 2.11. The van der Waals surface area contributed by atoms with Crippen molar-refractivity contribution < 1.29 is 9.13 Å². The summed E-state index contributed by atoms with van der Waals surface area (Å²) in [7, 11) is 0. The molecular formula is C23H21FN2O. The maximum absolute atomic E-state index is 13.5. The van der Waals surface area contributed by atoms with Crippen LogP contribution in [0.25, 0.3) is 17.3 Å². The predicted octanol–water partition coefficient (Wildman–Crippen LogP) is 5.70. The van der Waals surface area contributed by atoms with Gasteiger partial charge in [0.1, 0.15) is 11.6 Å². The molecule has 2 aromatic carbocycles. The van der Waals surface area contributed by atoms with Crippen molar-refractivity contribution in [3.63, 3.8) is 0 Å². The van der Waals surface area contributed by atoms with E-state index >= 15 is 0 Å². The van der Waals surface area contributed by atoms with Crippen molar-refractivity contribution in [2.24, 2.45) is 0 Å². The molecule has 1 aromatic heterocycles. The number of hydrogen-bond acceptors (Lipinski definition) is 2. The van der Waals surface area contributed by atoms with E-state index in [0.29, 0.717) is 17.7 Å². The molecule has 0 aliphatic carbocycles. The molecule has 3 aromatic rings. The number of benzene rings is 2. The molecule has 0 amide bonds. The molecule has 0 saturated heterocycles. The third-order valence-corrected chi connectivity index (χ3v) is 4.43. The van der Waals surface area contributed by atoms with Crippen molar-refractivity contribution in [2.75, 3.05) is 6.61 Å². The minimum absolute atomic E-state index is 0.353. The lowest BCUT2D eigenvalue weighted by atomic mass is 10.0. The molecule has 0 saturated carbocycles. The highest BCUT2D eigenvalue weighted by molar-refractivity contribution is 5.90. The smallest absolute Gasteiger partial charge is 0.123 e. The van der Waals surface area contributed by atoms with Gasteiger partial charge in [0.2, 0.25) is 0 Å². The van der Waals surface area contributed by atoms with Gasteiger partial charge in [0.15, 0.2) is 0 Å². The molecule has 136 valence electrons. The topological polar surface area (TPSA) is 38.0 Å². The number of hydrogen-bond donors (Lipinski definition) is 0. The van der Waals surface area contributed by atoms with Gasteiger partial charge in [-0.05, 0) is 80.4 Å². The minimum Gasteiger partial charge on any atom is -0.494 e. The Hall–Kier alpha value is -3.32. The zero-order valence-electron chi connectivity index (χ0n) is 15.7. The van der Waals surface area contributed by atoms with Gasteiger partial charge in [0, 0.05) is 17.1 Å². The first-order valence-electron chi connectivity index (χ1n) is 8.83. The molecule has 0 N–H and O–H groups in total. The normalized spacial score (nSPS) is 11.3. The van der Waals surface area contributed by atoms with Crippen LogP contribution in [0.3, 0.4) is 0 Å². The first kappa shape index (κ1) is 18.5. The monoisotopic (exact) mass is 360 g/mol. The van der Waals surface area contributed by atoms with Crippen molar-refractivity contribution in [2.45, 2.75) is 20.8 Å². The second-order valence-corrected chi connectivity index (χ2v) is 6.27. The first-order valence-corrected chi connectivity index (χ1v) is 8.83. The maximum atomic E-state index is 13.5. The number of aryl methyl sites for hydroxylation is 1. The van der Waals surface area contributed by atoms with Crippen molar-refractivity contribution in [3.8, 4) is 17.5 Å². The summed E-state index contributed by atoms with van der Waals surface area (Å²) in [5.74, 6) is 0.482. The summed E-state index contributed by atoms with van der Waals surface area (Å²) < 4.78 is 21.1. The standard InChI is InChI=1S/C23H21FN2O/c1-4-27-23-10-8-22(9-11-23)26-16(2)12-19(17(26)3)13-20(15-25)18-6-5-7-21(24)14-18/h5-14H,4H2,1-3H3/b20-13-. The highest BCUT2D eigenvalue weighted by Crippen LogP contribution is 2.26. The van der Waals surface area contributed by atoms with Gasteiger partial charge in [0.25, 0.3) is 0 Å². The average molecular weight is 360 g/mol. The van der Waals surface area contributed by atoms with Crippen molar-refractivity contribution >= 4 is 11.6 Å². The summed E-state index contributed by atoms with van der Waals surface area (Å²) in [6, 6.07) is 18.2. The van der Waals surface area contributed by atoms with Gasteiger partial charge >= 0.3 is 0 Å². The Morgan fingerprint density at radius 2 is 1.89 bits per heavy atom. The fourth-order valence-electron chi connectivity index (χ4n) is 3.18. The van der Waals surface area contributed by atoms with Crippen LogP contribution in [-0.4, -0.2) is 11.2 Å². The quantitative estimate of drug-likeness (QED) is 0.548. The molecule has 0 bridgehead atoms. The van der Waals surface area contributed by atoms with Crippen LogP contribution in [0.15, 0.2) is 54.6 Å². The molecular weight excluding hydrogens is 339 g/mol. The average Bonchev–Trinajstić information content (AvgIpc) is 2.94. The molecule has 0 aliphatic heterocycles. The first-order chi connectivity index (χ1) is 13.0. The number of halogens is 1. The van der Waals surface area contributed by atoms with Gasteiger partial charge in [-0.3, -0.25) is 0 Å². The van der Waals surface area contributed by atoms with E-state index in [1.165, 1.54) is 12.1 Å². The number of rotatable bonds is 5. The molecule has 0 radical (unpaired) electrons. The van der Waals surface area contributed by atoms with Crippen LogP contribution in [-0.2, 0) is 0 Å². The van der Waals surface area contributed by atoms with Crippen LogP contribution < -0.4 is 4.74 Å². The summed E-state index contributed by atoms with van der Waals surface area (Å²) in [5.41, 5.74) is 5.03. The van der Waals surface area contributed by atoms with E-state index in [1.54, 1.807) is 12.1 Å². The molecule has 4 heteroatoms. The second-order valence-electron chi connectivity index (χ2n) is 6.27. The van der Waals surface area contributed by atoms with E-state index < -0.39 is 0 Å². The number of nitrogens with zero attached hydrogens (tertiary/aromatic N) is 2. The second kappa shape index (κ2) is 7.92. The van der Waals surface area contributed by atoms with Gasteiger partial charge < -0.3 is 9.30 Å². The molecule has 3 nitrogen and oxygen atoms in total. The Bertz CT molecular complexity index is 1020. The van der Waals surface area contributed by atoms with Crippen LogP contribution in [0.5, 0.6) is 5.75 Å². The van der Waals surface area contributed by atoms with E-state index in [4.69, 9.17) is 4.74 Å². The summed E-state index contributed by atoms with van der Waals surface area (Å²) in [5, 5.41) is 9.54. The molecule has 0 fully saturated rings. The van der Waals surface area contributed by atoms with Gasteiger partial charge in [-0.25, -0.2) is 4.39 Å². The Morgan fingerprint density at radius 1 is 1.15 bits per heavy atom. The molecule has 3 rings (SSSR count). The molecule has 0 spiro atoms. The molecule has 1 heterocycles. The van der Waals surface area contributed by atoms with E-state index in [0.717, 1.165) is 28.4 Å². The van der Waals surface area contributed by atoms with E-state index in [-0.39, 0.29) is 5.82 Å². The van der Waals surface area contributed by atoms with E-state index in [1.807, 2.05) is 57.2 Å². The Balaban J connectivity index is 2.01. The Morgan fingerprint density at radius 3 is 2.52 bits per heavy atom. The lowest BCUT2D eigenvalue weighted by Gasteiger charge is -2.11. The fraction of sp³-hybridized carbons (Fsp3) is 0.174. The summed E-state index contributed by atoms with van der Waals surface area (Å²) in [4.78, 5) is 0. The number of ether oxygens (including phenoxy) is 1. The lowest BCUT2D eigenvalue weighted by molar-refractivity contribution is 0.340. The zero-order chi connectivity index (χ0) is 19.4. The largest absolute Gasteiger partial charge is 0.494 e. The zero-order valence-corrected chi connectivity index (χ0v) is 15.7. The van der Waals surface area contributed by atoms with Crippen LogP contribution >= 0.6 is 0 Å². The fourth-order valence-corrected chi connectivity index (χ4v) is 3.18. The van der Waals surface area contributed by atoms with Crippen LogP contribution in [0.2, 0.25) is 0 Å². The SMILES string of the molecule is CCOc1ccc(-n2c(C)cc(/C=C(/C#N)c3cccc(F)c3)c2C)cc1. The molecule has 0 atom stereocenters. The summed E-state index contributed by atoms with van der Waals surface area (Å²) in [6.07, 6.45) is 1.81. The highest BCUT2D eigenvalue weighted by atomic mass is 19.1. The Kier molecular flexibility index (Phi) is 5.42. The van der Waals surface area contributed by atoms with Crippen molar-refractivity contribution in [1.29, 1.82) is 5.26 Å². The lowest BCUT2D eigenvalue weighted by Crippen LogP contribution is -1.99. The molecule has 0 unspecified atom stereocenters. The molecule has 27 heavy (non-hydrogen) atoms. The van der Waals surface area contributed by atoms with Gasteiger partial charge in [-0.15, -0.1) is 0 Å². The van der Waals surface area contributed by atoms with Crippen LogP contribution in [0, 0.1) is 31.0 Å². The Labute approximate surface area is 159 Å². The van der Waals surface area contributed by atoms with Crippen molar-refractivity contribution in [3.05, 3.63) is 82.9 Å². The van der Waals surface area contributed by atoms with Gasteiger partial charge in [-0.1, -0.05) is 12.1 Å². The number of aromatic nitrogens is 1. The van der Waals surface area contributed by atoms with E-state index in [9.17, 15) is 9.65 Å². The van der Waals surface area contributed by atoms with Crippen molar-refractivity contribution in [1.82, 2.24) is 4.57 Å². The van der Waals surface area contributed by atoms with E-state index in [2.05, 4.69) is 10.6 Å². The number of allylic oxidation sites excluding steroid dienone is 1. The third-order valence-electron chi connectivity index (χ3n) is 4.43. The van der Waals surface area contributed by atoms with Gasteiger partial charge in [-0.2, -0.15) is 5.26 Å². The minimum atomic E-state index is -0.353. The predicted molar refractivity (Wildman–Crippen MR) is 106 cm³/mol. The van der Waals surface area contributed by atoms with Gasteiger partial charge in [0.05, 0.1) is 18.2 Å². The molecule has 0 aliphatic rings. The van der Waals surface area contributed by atoms with Crippen LogP contribution in [0.4, 0.5) is 4.39 Å².